The number of rotatable bonds is 12. The molecule has 4 aromatic rings. The summed E-state index contributed by atoms with van der Waals surface area (Å²) in [6, 6.07) is 20.5. The quantitative estimate of drug-likeness (QED) is 0.0853. The number of carbonyl (C=O) groups excluding carboxylic acids is 2. The van der Waals surface area contributed by atoms with Gasteiger partial charge in [-0.05, 0) is 43.3 Å². The van der Waals surface area contributed by atoms with Crippen LogP contribution in [0.1, 0.15) is 19.4 Å². The number of hydrazone groups is 1. The predicted molar refractivity (Wildman–Crippen MR) is 155 cm³/mol. The first-order valence-electron chi connectivity index (χ1n) is 12.6. The van der Waals surface area contributed by atoms with Gasteiger partial charge in [0.25, 0.3) is 5.91 Å². The maximum atomic E-state index is 12.6. The van der Waals surface area contributed by atoms with E-state index in [0.717, 1.165) is 17.0 Å². The lowest BCUT2D eigenvalue weighted by molar-refractivity contribution is -0.132. The Morgan fingerprint density at radius 1 is 1.00 bits per heavy atom. The molecule has 1 aromatic heterocycles. The minimum Gasteiger partial charge on any atom is -0.494 e. The van der Waals surface area contributed by atoms with Gasteiger partial charge in [0, 0.05) is 23.7 Å². The van der Waals surface area contributed by atoms with Crippen LogP contribution in [0, 0.1) is 0 Å². The Morgan fingerprint density at radius 3 is 2.29 bits per heavy atom. The van der Waals surface area contributed by atoms with Crippen LogP contribution in [0.3, 0.4) is 0 Å². The van der Waals surface area contributed by atoms with E-state index in [1.54, 1.807) is 12.1 Å². The molecular formula is C29H29N5O6S. The van der Waals surface area contributed by atoms with Gasteiger partial charge in [-0.3, -0.25) is 14.2 Å². The first-order valence-corrected chi connectivity index (χ1v) is 13.5. The Balaban J connectivity index is 1.48. The third-order valence-electron chi connectivity index (χ3n) is 5.54. The molecule has 0 aliphatic carbocycles. The van der Waals surface area contributed by atoms with Gasteiger partial charge in [0.1, 0.15) is 5.75 Å². The highest BCUT2D eigenvalue weighted by atomic mass is 32.2. The molecular weight excluding hydrogens is 546 g/mol. The van der Waals surface area contributed by atoms with Crippen molar-refractivity contribution in [3.8, 4) is 40.1 Å². The molecule has 0 spiro atoms. The molecule has 212 valence electrons. The lowest BCUT2D eigenvalue weighted by atomic mass is 10.2. The summed E-state index contributed by atoms with van der Waals surface area (Å²) in [4.78, 5) is 24.1. The first-order chi connectivity index (χ1) is 19.9. The van der Waals surface area contributed by atoms with Crippen LogP contribution in [-0.4, -0.2) is 59.4 Å². The van der Waals surface area contributed by atoms with Crippen molar-refractivity contribution in [2.45, 2.75) is 19.0 Å². The number of benzene rings is 3. The number of amides is 1. The summed E-state index contributed by atoms with van der Waals surface area (Å²) < 4.78 is 23.3. The van der Waals surface area contributed by atoms with Gasteiger partial charge in [-0.1, -0.05) is 42.1 Å². The van der Waals surface area contributed by atoms with E-state index < -0.39 is 5.97 Å². The largest absolute Gasteiger partial charge is 0.494 e. The van der Waals surface area contributed by atoms with Crippen LogP contribution in [0.2, 0.25) is 0 Å². The Labute approximate surface area is 241 Å². The molecule has 1 N–H and O–H groups in total. The topological polar surface area (TPSA) is 126 Å². The van der Waals surface area contributed by atoms with Crippen LogP contribution in [-0.2, 0) is 9.59 Å². The van der Waals surface area contributed by atoms with Crippen molar-refractivity contribution in [2.75, 3.05) is 26.6 Å². The van der Waals surface area contributed by atoms with E-state index in [9.17, 15) is 9.59 Å². The standard InChI is InChI=1S/C29H29N5O6S/c1-5-39-23-13-11-22(12-14-23)34-28(21-9-7-6-8-10-21)32-33-29(34)41-18-26(36)31-30-17-20-15-24(37-3)27(40-19(2)35)25(16-20)38-4/h6-17H,5,18H2,1-4H3,(H,31,36)/b30-17+. The van der Waals surface area contributed by atoms with Gasteiger partial charge in [-0.2, -0.15) is 5.10 Å². The second-order valence-electron chi connectivity index (χ2n) is 8.36. The number of ether oxygens (including phenoxy) is 4. The van der Waals surface area contributed by atoms with Crippen LogP contribution < -0.4 is 24.4 Å². The lowest BCUT2D eigenvalue weighted by Gasteiger charge is -2.13. The van der Waals surface area contributed by atoms with Crippen LogP contribution in [0.25, 0.3) is 17.1 Å². The number of aromatic nitrogens is 3. The molecule has 11 nitrogen and oxygen atoms in total. The molecule has 1 amide bonds. The number of carbonyl (C=O) groups is 2. The number of nitrogens with zero attached hydrogens (tertiary/aromatic N) is 4. The van der Waals surface area contributed by atoms with E-state index in [1.807, 2.05) is 66.1 Å². The van der Waals surface area contributed by atoms with Gasteiger partial charge in [-0.25, -0.2) is 5.43 Å². The number of hydrogen-bond acceptors (Lipinski definition) is 10. The molecule has 0 unspecified atom stereocenters. The molecule has 41 heavy (non-hydrogen) atoms. The Bertz CT molecular complexity index is 1500. The fourth-order valence-corrected chi connectivity index (χ4v) is 4.53. The van der Waals surface area contributed by atoms with Crippen LogP contribution in [0.4, 0.5) is 0 Å². The first kappa shape index (κ1) is 29.2. The zero-order valence-electron chi connectivity index (χ0n) is 23.0. The van der Waals surface area contributed by atoms with Gasteiger partial charge in [-0.15, -0.1) is 10.2 Å². The van der Waals surface area contributed by atoms with Gasteiger partial charge in [0.2, 0.25) is 5.75 Å². The van der Waals surface area contributed by atoms with Crippen molar-refractivity contribution in [3.05, 3.63) is 72.3 Å². The molecule has 3 aromatic carbocycles. The molecule has 0 fully saturated rings. The summed E-state index contributed by atoms with van der Waals surface area (Å²) >= 11 is 1.23. The van der Waals surface area contributed by atoms with E-state index >= 15 is 0 Å². The summed E-state index contributed by atoms with van der Waals surface area (Å²) in [5.41, 5.74) is 4.79. The van der Waals surface area contributed by atoms with Gasteiger partial charge in [0.15, 0.2) is 22.5 Å². The highest BCUT2D eigenvalue weighted by Gasteiger charge is 2.18. The van der Waals surface area contributed by atoms with E-state index in [-0.39, 0.29) is 28.9 Å². The molecule has 0 aliphatic heterocycles. The summed E-state index contributed by atoms with van der Waals surface area (Å²) in [6.45, 7) is 3.78. The minimum atomic E-state index is -0.512. The molecule has 4 rings (SSSR count). The number of nitrogens with one attached hydrogen (secondary N) is 1. The average Bonchev–Trinajstić information content (AvgIpc) is 3.41. The summed E-state index contributed by atoms with van der Waals surface area (Å²) in [5, 5.41) is 13.3. The molecule has 0 radical (unpaired) electrons. The van der Waals surface area contributed by atoms with Crippen molar-refractivity contribution < 1.29 is 28.5 Å². The van der Waals surface area contributed by atoms with Crippen molar-refractivity contribution in [3.63, 3.8) is 0 Å². The fourth-order valence-electron chi connectivity index (χ4n) is 3.79. The molecule has 0 saturated carbocycles. The minimum absolute atomic E-state index is 0.0410. The number of thioether (sulfide) groups is 1. The molecule has 1 heterocycles. The van der Waals surface area contributed by atoms with E-state index in [1.165, 1.54) is 39.1 Å². The monoisotopic (exact) mass is 575 g/mol. The lowest BCUT2D eigenvalue weighted by Crippen LogP contribution is -2.20. The summed E-state index contributed by atoms with van der Waals surface area (Å²) in [7, 11) is 2.88. The van der Waals surface area contributed by atoms with E-state index in [4.69, 9.17) is 18.9 Å². The fraction of sp³-hybridized carbons (Fsp3) is 0.207. The summed E-state index contributed by atoms with van der Waals surface area (Å²) in [6.07, 6.45) is 1.43. The Morgan fingerprint density at radius 2 is 1.68 bits per heavy atom. The second-order valence-corrected chi connectivity index (χ2v) is 9.31. The average molecular weight is 576 g/mol. The third-order valence-corrected chi connectivity index (χ3v) is 6.46. The molecule has 12 heteroatoms. The number of methoxy groups -OCH3 is 2. The van der Waals surface area contributed by atoms with E-state index in [2.05, 4.69) is 20.7 Å². The third kappa shape index (κ3) is 7.42. The van der Waals surface area contributed by atoms with Crippen molar-refractivity contribution in [1.82, 2.24) is 20.2 Å². The van der Waals surface area contributed by atoms with Crippen LogP contribution >= 0.6 is 11.8 Å². The van der Waals surface area contributed by atoms with Crippen molar-refractivity contribution in [2.24, 2.45) is 5.10 Å². The van der Waals surface area contributed by atoms with E-state index in [0.29, 0.717) is 23.2 Å². The second kappa shape index (κ2) is 14.0. The zero-order valence-corrected chi connectivity index (χ0v) is 23.8. The Hall–Kier alpha value is -4.84. The zero-order chi connectivity index (χ0) is 29.2. The van der Waals surface area contributed by atoms with Crippen molar-refractivity contribution in [1.29, 1.82) is 0 Å². The normalized spacial score (nSPS) is 10.8. The van der Waals surface area contributed by atoms with Crippen molar-refractivity contribution >= 4 is 29.9 Å². The molecule has 0 bridgehead atoms. The van der Waals surface area contributed by atoms with Gasteiger partial charge in [0.05, 0.1) is 32.8 Å². The SMILES string of the molecule is CCOc1ccc(-n2c(SCC(=O)N/N=C/c3cc(OC)c(OC(C)=O)c(OC)c3)nnc2-c2ccccc2)cc1. The summed E-state index contributed by atoms with van der Waals surface area (Å²) in [5.74, 6) is 1.32. The molecule has 0 atom stereocenters. The van der Waals surface area contributed by atoms with Gasteiger partial charge < -0.3 is 18.9 Å². The maximum Gasteiger partial charge on any atom is 0.308 e. The maximum absolute atomic E-state index is 12.6. The molecule has 0 saturated heterocycles. The van der Waals surface area contributed by atoms with Crippen LogP contribution in [0.5, 0.6) is 23.0 Å². The Kier molecular flexibility index (Phi) is 9.94. The van der Waals surface area contributed by atoms with Crippen LogP contribution in [0.15, 0.2) is 77.0 Å². The smallest absolute Gasteiger partial charge is 0.308 e. The molecule has 0 aliphatic rings. The highest BCUT2D eigenvalue weighted by molar-refractivity contribution is 7.99. The number of hydrogen-bond donors (Lipinski definition) is 1. The number of esters is 1. The predicted octanol–water partition coefficient (Wildman–Crippen LogP) is 4.52. The highest BCUT2D eigenvalue weighted by Crippen LogP contribution is 2.38. The van der Waals surface area contributed by atoms with Gasteiger partial charge >= 0.3 is 5.97 Å².